The first-order chi connectivity index (χ1) is 6.83. The smallest absolute Gasteiger partial charge is 0.179 e. The van der Waals surface area contributed by atoms with E-state index < -0.39 is 0 Å². The fourth-order valence-corrected chi connectivity index (χ4v) is 1.45. The van der Waals surface area contributed by atoms with Crippen LogP contribution < -0.4 is 10.6 Å². The van der Waals surface area contributed by atoms with Gasteiger partial charge in [0.25, 0.3) is 0 Å². The summed E-state index contributed by atoms with van der Waals surface area (Å²) in [6.45, 7) is 1.38. The summed E-state index contributed by atoms with van der Waals surface area (Å²) in [5.41, 5.74) is 6.29. The van der Waals surface area contributed by atoms with Crippen molar-refractivity contribution in [3.05, 3.63) is 24.3 Å². The predicted octanol–water partition coefficient (Wildman–Crippen LogP) is 1.22. The Labute approximate surface area is 82.3 Å². The Morgan fingerprint density at radius 1 is 1.43 bits per heavy atom. The number of para-hydroxylation sites is 1. The SMILES string of the molecule is CN(CCN)c1noc2ccccc12. The second-order valence-electron chi connectivity index (χ2n) is 3.21. The molecule has 0 aliphatic rings. The Kier molecular flexibility index (Phi) is 2.37. The molecule has 2 N–H and O–H groups in total. The first-order valence-corrected chi connectivity index (χ1v) is 4.58. The van der Waals surface area contributed by atoms with E-state index in [0.29, 0.717) is 6.54 Å². The summed E-state index contributed by atoms with van der Waals surface area (Å²) < 4.78 is 5.18. The van der Waals surface area contributed by atoms with Gasteiger partial charge in [0.1, 0.15) is 0 Å². The third-order valence-corrected chi connectivity index (χ3v) is 2.18. The van der Waals surface area contributed by atoms with E-state index in [1.54, 1.807) is 0 Å². The van der Waals surface area contributed by atoms with Gasteiger partial charge in [-0.15, -0.1) is 0 Å². The van der Waals surface area contributed by atoms with E-state index in [2.05, 4.69) is 5.16 Å². The maximum absolute atomic E-state index is 5.48. The molecular weight excluding hydrogens is 178 g/mol. The van der Waals surface area contributed by atoms with Crippen LogP contribution in [0, 0.1) is 0 Å². The highest BCUT2D eigenvalue weighted by Crippen LogP contribution is 2.24. The molecule has 0 amide bonds. The van der Waals surface area contributed by atoms with Crippen LogP contribution in [0.5, 0.6) is 0 Å². The van der Waals surface area contributed by atoms with Gasteiger partial charge in [0.15, 0.2) is 11.4 Å². The second kappa shape index (κ2) is 3.67. The zero-order chi connectivity index (χ0) is 9.97. The molecule has 0 fully saturated rings. The molecule has 0 bridgehead atoms. The average molecular weight is 191 g/mol. The van der Waals surface area contributed by atoms with Gasteiger partial charge in [-0.25, -0.2) is 0 Å². The molecular formula is C10H13N3O. The fourth-order valence-electron chi connectivity index (χ4n) is 1.45. The lowest BCUT2D eigenvalue weighted by molar-refractivity contribution is 0.456. The van der Waals surface area contributed by atoms with Crippen molar-refractivity contribution in [1.29, 1.82) is 0 Å². The average Bonchev–Trinajstić information content (AvgIpc) is 2.61. The van der Waals surface area contributed by atoms with Crippen LogP contribution in [0.15, 0.2) is 28.8 Å². The quantitative estimate of drug-likeness (QED) is 0.792. The molecule has 14 heavy (non-hydrogen) atoms. The van der Waals surface area contributed by atoms with E-state index in [0.717, 1.165) is 23.3 Å². The van der Waals surface area contributed by atoms with Crippen molar-refractivity contribution in [1.82, 2.24) is 5.16 Å². The number of nitrogens with two attached hydrogens (primary N) is 1. The number of anilines is 1. The van der Waals surface area contributed by atoms with Crippen LogP contribution in [0.2, 0.25) is 0 Å². The lowest BCUT2D eigenvalue weighted by atomic mass is 10.2. The van der Waals surface area contributed by atoms with Crippen molar-refractivity contribution in [2.75, 3.05) is 25.0 Å². The molecule has 0 aliphatic carbocycles. The number of benzene rings is 1. The minimum atomic E-state index is 0.609. The van der Waals surface area contributed by atoms with Gasteiger partial charge in [-0.05, 0) is 12.1 Å². The third-order valence-electron chi connectivity index (χ3n) is 2.18. The molecule has 0 aliphatic heterocycles. The Balaban J connectivity index is 2.42. The van der Waals surface area contributed by atoms with Gasteiger partial charge < -0.3 is 15.2 Å². The lowest BCUT2D eigenvalue weighted by Gasteiger charge is -2.13. The number of aromatic nitrogens is 1. The summed E-state index contributed by atoms with van der Waals surface area (Å²) >= 11 is 0. The summed E-state index contributed by atoms with van der Waals surface area (Å²) in [7, 11) is 1.96. The van der Waals surface area contributed by atoms with Crippen LogP contribution in [0.3, 0.4) is 0 Å². The minimum Gasteiger partial charge on any atom is -0.355 e. The van der Waals surface area contributed by atoms with Gasteiger partial charge >= 0.3 is 0 Å². The number of hydrogen-bond acceptors (Lipinski definition) is 4. The van der Waals surface area contributed by atoms with Crippen molar-refractivity contribution < 1.29 is 4.52 Å². The molecule has 0 spiro atoms. The molecule has 4 nitrogen and oxygen atoms in total. The van der Waals surface area contributed by atoms with E-state index in [1.807, 2.05) is 36.2 Å². The molecule has 1 aromatic carbocycles. The number of hydrogen-bond donors (Lipinski definition) is 1. The highest BCUT2D eigenvalue weighted by atomic mass is 16.5. The van der Waals surface area contributed by atoms with Crippen molar-refractivity contribution in [2.45, 2.75) is 0 Å². The van der Waals surface area contributed by atoms with Crippen LogP contribution in [0.4, 0.5) is 5.82 Å². The van der Waals surface area contributed by atoms with E-state index in [-0.39, 0.29) is 0 Å². The maximum Gasteiger partial charge on any atom is 0.179 e. The van der Waals surface area contributed by atoms with Gasteiger partial charge in [-0.1, -0.05) is 17.3 Å². The normalized spacial score (nSPS) is 10.7. The third kappa shape index (κ3) is 1.44. The van der Waals surface area contributed by atoms with Crippen LogP contribution in [-0.4, -0.2) is 25.3 Å². The van der Waals surface area contributed by atoms with E-state index >= 15 is 0 Å². The molecule has 0 radical (unpaired) electrons. The Morgan fingerprint density at radius 3 is 3.00 bits per heavy atom. The van der Waals surface area contributed by atoms with Crippen molar-refractivity contribution >= 4 is 16.8 Å². The fraction of sp³-hybridized carbons (Fsp3) is 0.300. The second-order valence-corrected chi connectivity index (χ2v) is 3.21. The molecule has 1 heterocycles. The highest BCUT2D eigenvalue weighted by molar-refractivity contribution is 5.88. The van der Waals surface area contributed by atoms with Crippen molar-refractivity contribution in [3.63, 3.8) is 0 Å². The Hall–Kier alpha value is -1.55. The molecule has 2 aromatic rings. The van der Waals surface area contributed by atoms with Gasteiger partial charge in [0, 0.05) is 20.1 Å². The molecule has 4 heteroatoms. The topological polar surface area (TPSA) is 55.3 Å². The van der Waals surface area contributed by atoms with Gasteiger partial charge in [0.05, 0.1) is 5.39 Å². The zero-order valence-corrected chi connectivity index (χ0v) is 8.10. The molecule has 1 aromatic heterocycles. The predicted molar refractivity (Wildman–Crippen MR) is 56.3 cm³/mol. The van der Waals surface area contributed by atoms with Crippen molar-refractivity contribution in [2.24, 2.45) is 5.73 Å². The molecule has 0 saturated heterocycles. The van der Waals surface area contributed by atoms with E-state index in [4.69, 9.17) is 10.3 Å². The largest absolute Gasteiger partial charge is 0.355 e. The minimum absolute atomic E-state index is 0.609. The number of nitrogens with zero attached hydrogens (tertiary/aromatic N) is 2. The first-order valence-electron chi connectivity index (χ1n) is 4.58. The monoisotopic (exact) mass is 191 g/mol. The van der Waals surface area contributed by atoms with Gasteiger partial charge in [-0.2, -0.15) is 0 Å². The van der Waals surface area contributed by atoms with Crippen LogP contribution >= 0.6 is 0 Å². The number of fused-ring (bicyclic) bond motifs is 1. The van der Waals surface area contributed by atoms with Crippen LogP contribution in [-0.2, 0) is 0 Å². The Morgan fingerprint density at radius 2 is 2.21 bits per heavy atom. The van der Waals surface area contributed by atoms with Gasteiger partial charge in [0.2, 0.25) is 0 Å². The first kappa shape index (κ1) is 9.02. The highest BCUT2D eigenvalue weighted by Gasteiger charge is 2.10. The summed E-state index contributed by atoms with van der Waals surface area (Å²) in [5, 5.41) is 5.04. The summed E-state index contributed by atoms with van der Waals surface area (Å²) in [6.07, 6.45) is 0. The number of rotatable bonds is 3. The summed E-state index contributed by atoms with van der Waals surface area (Å²) in [5.74, 6) is 0.853. The van der Waals surface area contributed by atoms with Crippen LogP contribution in [0.25, 0.3) is 11.0 Å². The summed E-state index contributed by atoms with van der Waals surface area (Å²) in [4.78, 5) is 1.99. The van der Waals surface area contributed by atoms with E-state index in [9.17, 15) is 0 Å². The molecule has 0 unspecified atom stereocenters. The summed E-state index contributed by atoms with van der Waals surface area (Å²) in [6, 6.07) is 7.80. The zero-order valence-electron chi connectivity index (χ0n) is 8.10. The lowest BCUT2D eigenvalue weighted by Crippen LogP contribution is -2.25. The molecule has 2 rings (SSSR count). The number of likely N-dealkylation sites (N-methyl/N-ethyl adjacent to an activating group) is 1. The Bertz CT molecular complexity index is 424. The molecule has 74 valence electrons. The van der Waals surface area contributed by atoms with Crippen molar-refractivity contribution in [3.8, 4) is 0 Å². The molecule has 0 atom stereocenters. The standard InChI is InChI=1S/C10H13N3O/c1-13(7-6-11)10-8-4-2-3-5-9(8)14-12-10/h2-5H,6-7,11H2,1H3. The molecule has 0 saturated carbocycles. The van der Waals surface area contributed by atoms with Crippen LogP contribution in [0.1, 0.15) is 0 Å². The maximum atomic E-state index is 5.48. The van der Waals surface area contributed by atoms with Gasteiger partial charge in [-0.3, -0.25) is 0 Å². The van der Waals surface area contributed by atoms with E-state index in [1.165, 1.54) is 0 Å².